The molecule has 1 amide bonds. The molecule has 1 aromatic carbocycles. The molecule has 1 saturated carbocycles. The summed E-state index contributed by atoms with van der Waals surface area (Å²) in [5.41, 5.74) is -0.963. The van der Waals surface area contributed by atoms with Crippen LogP contribution in [0.15, 0.2) is 29.2 Å². The SMILES string of the molecule is CC(=O)Nc1ccc(S(=O)(=O)NC2(C(=O)O)CCCCC2)cc1. The fourth-order valence-electron chi connectivity index (χ4n) is 2.75. The molecule has 0 heterocycles. The summed E-state index contributed by atoms with van der Waals surface area (Å²) in [6.07, 6.45) is 2.83. The van der Waals surface area contributed by atoms with Crippen molar-refractivity contribution >= 4 is 27.6 Å². The van der Waals surface area contributed by atoms with E-state index in [9.17, 15) is 23.1 Å². The summed E-state index contributed by atoms with van der Waals surface area (Å²) < 4.78 is 27.3. The summed E-state index contributed by atoms with van der Waals surface area (Å²) >= 11 is 0. The van der Waals surface area contributed by atoms with Gasteiger partial charge in [0, 0.05) is 12.6 Å². The third-order valence-electron chi connectivity index (χ3n) is 3.93. The number of anilines is 1. The van der Waals surface area contributed by atoms with E-state index >= 15 is 0 Å². The molecule has 0 bridgehead atoms. The van der Waals surface area contributed by atoms with Crippen molar-refractivity contribution in [3.05, 3.63) is 24.3 Å². The molecule has 1 aromatic rings. The van der Waals surface area contributed by atoms with E-state index in [4.69, 9.17) is 0 Å². The van der Waals surface area contributed by atoms with E-state index < -0.39 is 21.5 Å². The minimum absolute atomic E-state index is 0.0298. The Morgan fingerprint density at radius 1 is 1.09 bits per heavy atom. The number of carboxylic acid groups (broad SMARTS) is 1. The maximum absolute atomic E-state index is 12.5. The van der Waals surface area contributed by atoms with Gasteiger partial charge in [-0.2, -0.15) is 4.72 Å². The molecular formula is C15H20N2O5S. The summed E-state index contributed by atoms with van der Waals surface area (Å²) in [5.74, 6) is -1.40. The van der Waals surface area contributed by atoms with Gasteiger partial charge in [0.25, 0.3) is 0 Å². The zero-order valence-electron chi connectivity index (χ0n) is 12.8. The Hall–Kier alpha value is -1.93. The second-order valence-corrected chi connectivity index (χ2v) is 7.44. The summed E-state index contributed by atoms with van der Waals surface area (Å²) in [6, 6.07) is 5.60. The fraction of sp³-hybridized carbons (Fsp3) is 0.467. The highest BCUT2D eigenvalue weighted by atomic mass is 32.2. The molecule has 3 N–H and O–H groups in total. The number of carbonyl (C=O) groups is 2. The monoisotopic (exact) mass is 340 g/mol. The molecule has 1 aliphatic carbocycles. The molecule has 0 atom stereocenters. The van der Waals surface area contributed by atoms with Crippen molar-refractivity contribution in [3.63, 3.8) is 0 Å². The zero-order chi connectivity index (χ0) is 17.1. The molecule has 7 nitrogen and oxygen atoms in total. The lowest BCUT2D eigenvalue weighted by Crippen LogP contribution is -2.55. The molecule has 2 rings (SSSR count). The molecule has 0 unspecified atom stereocenters. The second kappa shape index (κ2) is 6.67. The van der Waals surface area contributed by atoms with Gasteiger partial charge in [0.05, 0.1) is 4.90 Å². The number of rotatable bonds is 5. The van der Waals surface area contributed by atoms with Gasteiger partial charge < -0.3 is 10.4 Å². The van der Waals surface area contributed by atoms with Crippen LogP contribution in [0.2, 0.25) is 0 Å². The van der Waals surface area contributed by atoms with Crippen molar-refractivity contribution in [3.8, 4) is 0 Å². The third kappa shape index (κ3) is 4.08. The van der Waals surface area contributed by atoms with E-state index in [1.165, 1.54) is 31.2 Å². The number of amides is 1. The van der Waals surface area contributed by atoms with Crippen LogP contribution in [-0.4, -0.2) is 30.9 Å². The van der Waals surface area contributed by atoms with Gasteiger partial charge in [-0.05, 0) is 37.1 Å². The Morgan fingerprint density at radius 3 is 2.13 bits per heavy atom. The van der Waals surface area contributed by atoms with E-state index in [2.05, 4.69) is 10.0 Å². The first kappa shape index (κ1) is 17.4. The summed E-state index contributed by atoms with van der Waals surface area (Å²) in [6.45, 7) is 1.35. The lowest BCUT2D eigenvalue weighted by atomic mass is 9.83. The second-order valence-electron chi connectivity index (χ2n) is 5.76. The smallest absolute Gasteiger partial charge is 0.324 e. The average Bonchev–Trinajstić information content (AvgIpc) is 2.47. The lowest BCUT2D eigenvalue weighted by Gasteiger charge is -2.33. The first-order chi connectivity index (χ1) is 10.8. The zero-order valence-corrected chi connectivity index (χ0v) is 13.6. The van der Waals surface area contributed by atoms with Crippen LogP contribution in [-0.2, 0) is 19.6 Å². The van der Waals surface area contributed by atoms with E-state index in [-0.39, 0.29) is 23.6 Å². The van der Waals surface area contributed by atoms with Crippen molar-refractivity contribution in [2.75, 3.05) is 5.32 Å². The van der Waals surface area contributed by atoms with Crippen molar-refractivity contribution in [1.82, 2.24) is 4.72 Å². The molecule has 126 valence electrons. The molecule has 1 aliphatic rings. The number of carboxylic acids is 1. The van der Waals surface area contributed by atoms with Crippen LogP contribution >= 0.6 is 0 Å². The topological polar surface area (TPSA) is 113 Å². The van der Waals surface area contributed by atoms with Gasteiger partial charge >= 0.3 is 5.97 Å². The Balaban J connectivity index is 2.23. The summed E-state index contributed by atoms with van der Waals surface area (Å²) in [7, 11) is -3.95. The van der Waals surface area contributed by atoms with Gasteiger partial charge in [-0.15, -0.1) is 0 Å². The Morgan fingerprint density at radius 2 is 1.65 bits per heavy atom. The van der Waals surface area contributed by atoms with E-state index in [0.29, 0.717) is 18.5 Å². The number of benzene rings is 1. The first-order valence-corrected chi connectivity index (χ1v) is 8.89. The molecule has 0 spiro atoms. The van der Waals surface area contributed by atoms with Crippen LogP contribution in [0.5, 0.6) is 0 Å². The number of nitrogens with one attached hydrogen (secondary N) is 2. The van der Waals surface area contributed by atoms with Gasteiger partial charge in [-0.1, -0.05) is 19.3 Å². The summed E-state index contributed by atoms with van der Waals surface area (Å²) in [5, 5.41) is 12.0. The van der Waals surface area contributed by atoms with Crippen molar-refractivity contribution < 1.29 is 23.1 Å². The number of aliphatic carboxylic acids is 1. The number of sulfonamides is 1. The van der Waals surface area contributed by atoms with Crippen LogP contribution in [0, 0.1) is 0 Å². The maximum atomic E-state index is 12.5. The van der Waals surface area contributed by atoms with Gasteiger partial charge in [0.15, 0.2) is 0 Å². The first-order valence-electron chi connectivity index (χ1n) is 7.40. The van der Waals surface area contributed by atoms with Gasteiger partial charge in [-0.25, -0.2) is 8.42 Å². The van der Waals surface area contributed by atoms with E-state index in [1.807, 2.05) is 0 Å². The highest BCUT2D eigenvalue weighted by Gasteiger charge is 2.43. The molecule has 8 heteroatoms. The Labute approximate surface area is 135 Å². The normalized spacial score (nSPS) is 17.4. The summed E-state index contributed by atoms with van der Waals surface area (Å²) in [4.78, 5) is 22.5. The van der Waals surface area contributed by atoms with Crippen LogP contribution in [0.25, 0.3) is 0 Å². The third-order valence-corrected chi connectivity index (χ3v) is 5.48. The highest BCUT2D eigenvalue weighted by Crippen LogP contribution is 2.30. The van der Waals surface area contributed by atoms with E-state index in [1.54, 1.807) is 0 Å². The van der Waals surface area contributed by atoms with Gasteiger partial charge in [0.1, 0.15) is 5.54 Å². The van der Waals surface area contributed by atoms with Crippen molar-refractivity contribution in [1.29, 1.82) is 0 Å². The van der Waals surface area contributed by atoms with Crippen LogP contribution in [0.1, 0.15) is 39.0 Å². The van der Waals surface area contributed by atoms with Crippen molar-refractivity contribution in [2.45, 2.75) is 49.5 Å². The number of hydrogen-bond acceptors (Lipinski definition) is 4. The van der Waals surface area contributed by atoms with Crippen LogP contribution in [0.3, 0.4) is 0 Å². The lowest BCUT2D eigenvalue weighted by molar-refractivity contribution is -0.145. The number of carbonyl (C=O) groups excluding carboxylic acids is 1. The van der Waals surface area contributed by atoms with Crippen LogP contribution in [0.4, 0.5) is 5.69 Å². The molecule has 0 saturated heterocycles. The largest absolute Gasteiger partial charge is 0.480 e. The minimum Gasteiger partial charge on any atom is -0.480 e. The van der Waals surface area contributed by atoms with Gasteiger partial charge in [0.2, 0.25) is 15.9 Å². The molecule has 0 radical (unpaired) electrons. The predicted molar refractivity (Wildman–Crippen MR) is 84.5 cm³/mol. The molecular weight excluding hydrogens is 320 g/mol. The Kier molecular flexibility index (Phi) is 5.06. The quantitative estimate of drug-likeness (QED) is 0.755. The predicted octanol–water partition coefficient (Wildman–Crippen LogP) is 1.71. The highest BCUT2D eigenvalue weighted by molar-refractivity contribution is 7.89. The minimum atomic E-state index is -3.95. The van der Waals surface area contributed by atoms with E-state index in [0.717, 1.165) is 6.42 Å². The molecule has 0 aromatic heterocycles. The number of hydrogen-bond donors (Lipinski definition) is 3. The standard InChI is InChI=1S/C15H20N2O5S/c1-11(18)16-12-5-7-13(8-6-12)23(21,22)17-15(14(19)20)9-3-2-4-10-15/h5-8,17H,2-4,9-10H2,1H3,(H,16,18)(H,19,20). The molecule has 1 fully saturated rings. The van der Waals surface area contributed by atoms with Gasteiger partial charge in [-0.3, -0.25) is 9.59 Å². The molecule has 23 heavy (non-hydrogen) atoms. The fourth-order valence-corrected chi connectivity index (χ4v) is 4.17. The average molecular weight is 340 g/mol. The van der Waals surface area contributed by atoms with Crippen molar-refractivity contribution in [2.24, 2.45) is 0 Å². The Bertz CT molecular complexity index is 691. The molecule has 0 aliphatic heterocycles. The van der Waals surface area contributed by atoms with Crippen LogP contribution < -0.4 is 10.0 Å². The maximum Gasteiger partial charge on any atom is 0.324 e.